The van der Waals surface area contributed by atoms with Crippen molar-refractivity contribution < 1.29 is 13.2 Å². The van der Waals surface area contributed by atoms with Crippen LogP contribution in [-0.4, -0.2) is 13.7 Å². The minimum atomic E-state index is -1.96. The van der Waals surface area contributed by atoms with E-state index in [0.29, 0.717) is 21.9 Å². The first-order valence-corrected chi connectivity index (χ1v) is 4.75. The molecule has 0 spiro atoms. The van der Waals surface area contributed by atoms with Gasteiger partial charge in [-0.15, -0.1) is 0 Å². The van der Waals surface area contributed by atoms with Gasteiger partial charge in [0.05, 0.1) is 4.90 Å². The van der Waals surface area contributed by atoms with Crippen molar-refractivity contribution in [3.63, 3.8) is 0 Å². The lowest BCUT2D eigenvalue weighted by molar-refractivity contribution is 0.555. The molecule has 1 aromatic heterocycles. The van der Waals surface area contributed by atoms with Gasteiger partial charge in [-0.05, 0) is 12.1 Å². The summed E-state index contributed by atoms with van der Waals surface area (Å²) in [7, 11) is 0. The predicted molar refractivity (Wildman–Crippen MR) is 47.8 cm³/mol. The monoisotopic (exact) mass is 197 g/mol. The molecule has 0 aliphatic rings. The van der Waals surface area contributed by atoms with E-state index in [1.807, 2.05) is 0 Å². The maximum absolute atomic E-state index is 10.7. The SMILES string of the molecule is Cc1nc2ccc(S(=O)O)cc2o1. The molecule has 0 fully saturated rings. The van der Waals surface area contributed by atoms with Crippen LogP contribution in [0.5, 0.6) is 0 Å². The van der Waals surface area contributed by atoms with Gasteiger partial charge in [-0.1, -0.05) is 0 Å². The van der Waals surface area contributed by atoms with Crippen LogP contribution in [-0.2, 0) is 11.1 Å². The van der Waals surface area contributed by atoms with Crippen molar-refractivity contribution in [1.29, 1.82) is 0 Å². The molecule has 0 aliphatic carbocycles. The summed E-state index contributed by atoms with van der Waals surface area (Å²) in [6.07, 6.45) is 0. The molecule has 1 N–H and O–H groups in total. The molecule has 1 aromatic carbocycles. The van der Waals surface area contributed by atoms with Crippen LogP contribution in [0.2, 0.25) is 0 Å². The number of aromatic nitrogens is 1. The van der Waals surface area contributed by atoms with E-state index in [2.05, 4.69) is 4.98 Å². The second-order valence-electron chi connectivity index (χ2n) is 2.61. The van der Waals surface area contributed by atoms with Crippen molar-refractivity contribution >= 4 is 22.2 Å². The molecule has 0 aliphatic heterocycles. The van der Waals surface area contributed by atoms with Gasteiger partial charge in [-0.2, -0.15) is 0 Å². The molecular formula is C8H7NO3S. The van der Waals surface area contributed by atoms with E-state index in [4.69, 9.17) is 8.97 Å². The Hall–Kier alpha value is -1.20. The summed E-state index contributed by atoms with van der Waals surface area (Å²) in [5, 5.41) is 0. The number of nitrogens with zero attached hydrogens (tertiary/aromatic N) is 1. The Labute approximate surface area is 76.9 Å². The van der Waals surface area contributed by atoms with Crippen molar-refractivity contribution in [3.05, 3.63) is 24.1 Å². The molecule has 0 saturated carbocycles. The quantitative estimate of drug-likeness (QED) is 0.707. The molecule has 68 valence electrons. The molecule has 0 radical (unpaired) electrons. The highest BCUT2D eigenvalue weighted by molar-refractivity contribution is 7.79. The number of aryl methyl sites for hydroxylation is 1. The van der Waals surface area contributed by atoms with Gasteiger partial charge in [-0.3, -0.25) is 0 Å². The maximum Gasteiger partial charge on any atom is 0.192 e. The van der Waals surface area contributed by atoms with Crippen LogP contribution in [0.25, 0.3) is 11.1 Å². The van der Waals surface area contributed by atoms with Crippen molar-refractivity contribution in [2.75, 3.05) is 0 Å². The maximum atomic E-state index is 10.7. The second kappa shape index (κ2) is 2.93. The fraction of sp³-hybridized carbons (Fsp3) is 0.125. The third-order valence-electron chi connectivity index (χ3n) is 1.67. The fourth-order valence-corrected chi connectivity index (χ4v) is 1.52. The molecule has 5 heteroatoms. The number of rotatable bonds is 1. The highest BCUT2D eigenvalue weighted by atomic mass is 32.2. The van der Waals surface area contributed by atoms with Gasteiger partial charge in [0, 0.05) is 13.0 Å². The second-order valence-corrected chi connectivity index (χ2v) is 3.58. The molecule has 1 heterocycles. The average Bonchev–Trinajstić information content (AvgIpc) is 2.42. The number of oxazole rings is 1. The molecule has 4 nitrogen and oxygen atoms in total. The number of hydrogen-bond donors (Lipinski definition) is 1. The van der Waals surface area contributed by atoms with Crippen LogP contribution in [0.1, 0.15) is 5.89 Å². The van der Waals surface area contributed by atoms with E-state index in [1.54, 1.807) is 19.1 Å². The van der Waals surface area contributed by atoms with Crippen LogP contribution in [0.3, 0.4) is 0 Å². The smallest absolute Gasteiger partial charge is 0.192 e. The van der Waals surface area contributed by atoms with Crippen molar-refractivity contribution in [2.24, 2.45) is 0 Å². The van der Waals surface area contributed by atoms with Crippen LogP contribution in [0.15, 0.2) is 27.5 Å². The van der Waals surface area contributed by atoms with E-state index in [1.165, 1.54) is 6.07 Å². The summed E-state index contributed by atoms with van der Waals surface area (Å²) in [6.45, 7) is 1.73. The third-order valence-corrected chi connectivity index (χ3v) is 2.33. The summed E-state index contributed by atoms with van der Waals surface area (Å²) in [6, 6.07) is 4.74. The van der Waals surface area contributed by atoms with E-state index < -0.39 is 11.1 Å². The lowest BCUT2D eigenvalue weighted by Gasteiger charge is -1.91. The van der Waals surface area contributed by atoms with Gasteiger partial charge >= 0.3 is 0 Å². The molecule has 2 rings (SSSR count). The Morgan fingerprint density at radius 1 is 1.54 bits per heavy atom. The van der Waals surface area contributed by atoms with E-state index in [9.17, 15) is 4.21 Å². The first-order chi connectivity index (χ1) is 6.16. The largest absolute Gasteiger partial charge is 0.441 e. The number of benzene rings is 1. The highest BCUT2D eigenvalue weighted by Crippen LogP contribution is 2.18. The zero-order valence-corrected chi connectivity index (χ0v) is 7.67. The zero-order chi connectivity index (χ0) is 9.42. The third kappa shape index (κ3) is 1.48. The van der Waals surface area contributed by atoms with Gasteiger partial charge in [0.2, 0.25) is 0 Å². The molecular weight excluding hydrogens is 190 g/mol. The Morgan fingerprint density at radius 3 is 3.00 bits per heavy atom. The topological polar surface area (TPSA) is 63.3 Å². The van der Waals surface area contributed by atoms with Crippen LogP contribution >= 0.6 is 0 Å². The summed E-state index contributed by atoms with van der Waals surface area (Å²) in [5.74, 6) is 0.552. The first kappa shape index (κ1) is 8.40. The molecule has 1 unspecified atom stereocenters. The number of fused-ring (bicyclic) bond motifs is 1. The molecule has 0 bridgehead atoms. The van der Waals surface area contributed by atoms with Gasteiger partial charge in [0.15, 0.2) is 22.6 Å². The molecule has 2 aromatic rings. The van der Waals surface area contributed by atoms with E-state index in [-0.39, 0.29) is 0 Å². The van der Waals surface area contributed by atoms with Crippen molar-refractivity contribution in [1.82, 2.24) is 4.98 Å². The summed E-state index contributed by atoms with van der Waals surface area (Å²) >= 11 is -1.96. The molecule has 1 atom stereocenters. The minimum absolute atomic E-state index is 0.323. The lowest BCUT2D eigenvalue weighted by atomic mass is 10.3. The predicted octanol–water partition coefficient (Wildman–Crippen LogP) is 1.72. The fourth-order valence-electron chi connectivity index (χ4n) is 1.13. The van der Waals surface area contributed by atoms with Gasteiger partial charge in [0.1, 0.15) is 5.52 Å². The minimum Gasteiger partial charge on any atom is -0.441 e. The van der Waals surface area contributed by atoms with Crippen molar-refractivity contribution in [3.8, 4) is 0 Å². The Kier molecular flexibility index (Phi) is 1.90. The summed E-state index contributed by atoms with van der Waals surface area (Å²) < 4.78 is 24.7. The van der Waals surface area contributed by atoms with Crippen LogP contribution in [0, 0.1) is 6.92 Å². The normalized spacial score (nSPS) is 13.4. The summed E-state index contributed by atoms with van der Waals surface area (Å²) in [4.78, 5) is 4.39. The first-order valence-electron chi connectivity index (χ1n) is 3.65. The summed E-state index contributed by atoms with van der Waals surface area (Å²) in [5.41, 5.74) is 1.24. The lowest BCUT2D eigenvalue weighted by Crippen LogP contribution is -1.86. The molecule has 0 saturated heterocycles. The molecule has 0 amide bonds. The van der Waals surface area contributed by atoms with Gasteiger partial charge < -0.3 is 8.97 Å². The molecule has 13 heavy (non-hydrogen) atoms. The van der Waals surface area contributed by atoms with E-state index in [0.717, 1.165) is 0 Å². The standard InChI is InChI=1S/C8H7NO3S/c1-5-9-7-3-2-6(13(10)11)4-8(7)12-5/h2-4H,1H3,(H,10,11). The van der Waals surface area contributed by atoms with E-state index >= 15 is 0 Å². The van der Waals surface area contributed by atoms with Crippen LogP contribution in [0.4, 0.5) is 0 Å². The number of hydrogen-bond acceptors (Lipinski definition) is 3. The zero-order valence-electron chi connectivity index (χ0n) is 6.85. The van der Waals surface area contributed by atoms with Gasteiger partial charge in [-0.25, -0.2) is 9.19 Å². The highest BCUT2D eigenvalue weighted by Gasteiger charge is 2.05. The average molecular weight is 197 g/mol. The Morgan fingerprint density at radius 2 is 2.31 bits per heavy atom. The van der Waals surface area contributed by atoms with Crippen LogP contribution < -0.4 is 0 Å². The van der Waals surface area contributed by atoms with Gasteiger partial charge in [0.25, 0.3) is 0 Å². The Bertz CT molecular complexity index is 477. The Balaban J connectivity index is 2.67. The van der Waals surface area contributed by atoms with Crippen molar-refractivity contribution in [2.45, 2.75) is 11.8 Å².